The standard InChI is InChI=1S/C13H22N4O3S/c14-13-16-15-12(20-13)11-5-7-17(8-6-11)21(18,19)9-10-3-1-2-4-10/h10-11H,1-9H2,(H2,14,16). The van der Waals surface area contributed by atoms with Gasteiger partial charge in [0.05, 0.1) is 5.75 Å². The molecule has 1 aliphatic carbocycles. The smallest absolute Gasteiger partial charge is 0.312 e. The largest absolute Gasteiger partial charge is 0.408 e. The number of nitrogen functional groups attached to an aromatic ring is 1. The first-order valence-electron chi connectivity index (χ1n) is 7.61. The predicted octanol–water partition coefficient (Wildman–Crippen LogP) is 1.35. The van der Waals surface area contributed by atoms with Gasteiger partial charge < -0.3 is 10.2 Å². The number of aromatic nitrogens is 2. The molecule has 0 aromatic carbocycles. The van der Waals surface area contributed by atoms with Crippen molar-refractivity contribution in [3.8, 4) is 0 Å². The summed E-state index contributed by atoms with van der Waals surface area (Å²) in [6.07, 6.45) is 5.87. The predicted molar refractivity (Wildman–Crippen MR) is 78.0 cm³/mol. The van der Waals surface area contributed by atoms with Gasteiger partial charge in [-0.25, -0.2) is 12.7 Å². The molecular weight excluding hydrogens is 292 g/mol. The van der Waals surface area contributed by atoms with Crippen LogP contribution in [0.1, 0.15) is 50.3 Å². The summed E-state index contributed by atoms with van der Waals surface area (Å²) in [4.78, 5) is 0. The summed E-state index contributed by atoms with van der Waals surface area (Å²) >= 11 is 0. The average molecular weight is 314 g/mol. The second kappa shape index (κ2) is 5.92. The van der Waals surface area contributed by atoms with Crippen LogP contribution < -0.4 is 5.73 Å². The van der Waals surface area contributed by atoms with Crippen LogP contribution in [0, 0.1) is 5.92 Å². The third-order valence-corrected chi connectivity index (χ3v) is 6.62. The molecule has 0 unspecified atom stereocenters. The maximum absolute atomic E-state index is 12.4. The molecule has 0 radical (unpaired) electrons. The van der Waals surface area contributed by atoms with E-state index in [2.05, 4.69) is 10.2 Å². The Morgan fingerprint density at radius 1 is 1.14 bits per heavy atom. The minimum atomic E-state index is -3.13. The van der Waals surface area contributed by atoms with E-state index in [9.17, 15) is 8.42 Å². The highest BCUT2D eigenvalue weighted by molar-refractivity contribution is 7.89. The number of nitrogens with two attached hydrogens (primary N) is 1. The first-order chi connectivity index (χ1) is 10.0. The second-order valence-electron chi connectivity index (χ2n) is 6.08. The van der Waals surface area contributed by atoms with E-state index < -0.39 is 10.0 Å². The third kappa shape index (κ3) is 3.37. The first kappa shape index (κ1) is 14.8. The van der Waals surface area contributed by atoms with Gasteiger partial charge in [-0.3, -0.25) is 0 Å². The highest BCUT2D eigenvalue weighted by atomic mass is 32.2. The zero-order valence-electron chi connectivity index (χ0n) is 12.1. The van der Waals surface area contributed by atoms with Gasteiger partial charge in [0.25, 0.3) is 0 Å². The molecule has 2 heterocycles. The number of rotatable bonds is 4. The van der Waals surface area contributed by atoms with Crippen molar-refractivity contribution < 1.29 is 12.8 Å². The van der Waals surface area contributed by atoms with Gasteiger partial charge >= 0.3 is 6.01 Å². The van der Waals surface area contributed by atoms with Crippen LogP contribution in [0.3, 0.4) is 0 Å². The van der Waals surface area contributed by atoms with E-state index in [-0.39, 0.29) is 11.9 Å². The summed E-state index contributed by atoms with van der Waals surface area (Å²) in [6, 6.07) is 0.0706. The molecular formula is C13H22N4O3S. The molecule has 2 fully saturated rings. The fraction of sp³-hybridized carbons (Fsp3) is 0.846. The number of hydrogen-bond acceptors (Lipinski definition) is 6. The SMILES string of the molecule is Nc1nnc(C2CCN(S(=O)(=O)CC3CCCC3)CC2)o1. The lowest BCUT2D eigenvalue weighted by Gasteiger charge is -2.30. The van der Waals surface area contributed by atoms with Crippen molar-refractivity contribution in [1.82, 2.24) is 14.5 Å². The van der Waals surface area contributed by atoms with Crippen molar-refractivity contribution in [1.29, 1.82) is 0 Å². The Morgan fingerprint density at radius 2 is 1.81 bits per heavy atom. The second-order valence-corrected chi connectivity index (χ2v) is 8.09. The zero-order valence-corrected chi connectivity index (χ0v) is 12.9. The number of piperidine rings is 1. The lowest BCUT2D eigenvalue weighted by molar-refractivity contribution is 0.290. The number of sulfonamides is 1. The van der Waals surface area contributed by atoms with E-state index in [1.54, 1.807) is 4.31 Å². The quantitative estimate of drug-likeness (QED) is 0.900. The lowest BCUT2D eigenvalue weighted by atomic mass is 9.98. The van der Waals surface area contributed by atoms with Crippen LogP contribution >= 0.6 is 0 Å². The molecule has 0 bridgehead atoms. The van der Waals surface area contributed by atoms with Crippen LogP contribution in [-0.2, 0) is 10.0 Å². The molecule has 1 aromatic heterocycles. The molecule has 1 saturated carbocycles. The summed E-state index contributed by atoms with van der Waals surface area (Å²) in [5, 5.41) is 7.56. The molecule has 8 heteroatoms. The van der Waals surface area contributed by atoms with Gasteiger partial charge in [-0.1, -0.05) is 17.9 Å². The van der Waals surface area contributed by atoms with Gasteiger partial charge in [0.2, 0.25) is 15.9 Å². The van der Waals surface area contributed by atoms with Crippen LogP contribution in [0.2, 0.25) is 0 Å². The highest BCUT2D eigenvalue weighted by Crippen LogP contribution is 2.31. The number of nitrogens with zero attached hydrogens (tertiary/aromatic N) is 3. The fourth-order valence-corrected chi connectivity index (χ4v) is 5.28. The monoisotopic (exact) mass is 314 g/mol. The Bertz CT molecular complexity index is 572. The van der Waals surface area contributed by atoms with E-state index in [0.29, 0.717) is 43.5 Å². The molecule has 0 atom stereocenters. The molecule has 1 aliphatic heterocycles. The summed E-state index contributed by atoms with van der Waals surface area (Å²) in [5.74, 6) is 1.31. The number of anilines is 1. The summed E-state index contributed by atoms with van der Waals surface area (Å²) in [7, 11) is -3.13. The Labute approximate surface area is 124 Å². The van der Waals surface area contributed by atoms with Crippen LogP contribution in [0.4, 0.5) is 6.01 Å². The third-order valence-electron chi connectivity index (χ3n) is 4.57. The maximum Gasteiger partial charge on any atom is 0.312 e. The van der Waals surface area contributed by atoms with Crippen LogP contribution in [0.15, 0.2) is 4.42 Å². The van der Waals surface area contributed by atoms with Gasteiger partial charge in [-0.15, -0.1) is 5.10 Å². The van der Waals surface area contributed by atoms with Crippen LogP contribution in [0.5, 0.6) is 0 Å². The Morgan fingerprint density at radius 3 is 2.38 bits per heavy atom. The summed E-state index contributed by atoms with van der Waals surface area (Å²) in [5.41, 5.74) is 5.43. The Balaban J connectivity index is 1.57. The van der Waals surface area contributed by atoms with Crippen LogP contribution in [-0.4, -0.2) is 41.8 Å². The van der Waals surface area contributed by atoms with Gasteiger partial charge in [0.15, 0.2) is 0 Å². The fourth-order valence-electron chi connectivity index (χ4n) is 3.37. The molecule has 2 aliphatic rings. The molecule has 7 nitrogen and oxygen atoms in total. The van der Waals surface area contributed by atoms with Crippen molar-refractivity contribution in [2.24, 2.45) is 5.92 Å². The Hall–Kier alpha value is -1.15. The zero-order chi connectivity index (χ0) is 14.9. The first-order valence-corrected chi connectivity index (χ1v) is 9.22. The molecule has 21 heavy (non-hydrogen) atoms. The van der Waals surface area contributed by atoms with E-state index in [4.69, 9.17) is 10.2 Å². The summed E-state index contributed by atoms with van der Waals surface area (Å²) < 4.78 is 31.8. The molecule has 1 aromatic rings. The minimum absolute atomic E-state index is 0.0706. The average Bonchev–Trinajstić information content (AvgIpc) is 3.10. The Kier molecular flexibility index (Phi) is 4.17. The molecule has 0 amide bonds. The van der Waals surface area contributed by atoms with E-state index >= 15 is 0 Å². The molecule has 3 rings (SSSR count). The van der Waals surface area contributed by atoms with E-state index in [1.165, 1.54) is 12.8 Å². The molecule has 0 spiro atoms. The van der Waals surface area contributed by atoms with Crippen molar-refractivity contribution in [2.45, 2.75) is 44.4 Å². The molecule has 1 saturated heterocycles. The summed E-state index contributed by atoms with van der Waals surface area (Å²) in [6.45, 7) is 1.06. The van der Waals surface area contributed by atoms with Crippen molar-refractivity contribution in [3.63, 3.8) is 0 Å². The van der Waals surface area contributed by atoms with Crippen molar-refractivity contribution in [2.75, 3.05) is 24.6 Å². The van der Waals surface area contributed by atoms with Gasteiger partial charge in [-0.05, 0) is 31.6 Å². The minimum Gasteiger partial charge on any atom is -0.408 e. The van der Waals surface area contributed by atoms with Gasteiger partial charge in [-0.2, -0.15) is 0 Å². The van der Waals surface area contributed by atoms with E-state index in [1.807, 2.05) is 0 Å². The van der Waals surface area contributed by atoms with Crippen LogP contribution in [0.25, 0.3) is 0 Å². The normalized spacial score (nSPS) is 22.9. The number of hydrogen-bond donors (Lipinski definition) is 1. The van der Waals surface area contributed by atoms with Gasteiger partial charge in [0.1, 0.15) is 0 Å². The molecule has 118 valence electrons. The maximum atomic E-state index is 12.4. The van der Waals surface area contributed by atoms with E-state index in [0.717, 1.165) is 12.8 Å². The lowest BCUT2D eigenvalue weighted by Crippen LogP contribution is -2.40. The van der Waals surface area contributed by atoms with Crippen molar-refractivity contribution in [3.05, 3.63) is 5.89 Å². The molecule has 2 N–H and O–H groups in total. The van der Waals surface area contributed by atoms with Crippen molar-refractivity contribution >= 4 is 16.0 Å². The van der Waals surface area contributed by atoms with Gasteiger partial charge in [0, 0.05) is 19.0 Å². The highest BCUT2D eigenvalue weighted by Gasteiger charge is 2.33. The topological polar surface area (TPSA) is 102 Å².